The molecule has 7 nitrogen and oxygen atoms in total. The van der Waals surface area contributed by atoms with Gasteiger partial charge in [-0.2, -0.15) is 5.06 Å². The Morgan fingerprint density at radius 3 is 2.40 bits per heavy atom. The van der Waals surface area contributed by atoms with Crippen LogP contribution in [0.4, 0.5) is 0 Å². The van der Waals surface area contributed by atoms with Gasteiger partial charge in [-0.05, 0) is 69.5 Å². The quantitative estimate of drug-likeness (QED) is 0.380. The lowest BCUT2D eigenvalue weighted by Gasteiger charge is -2.50. The van der Waals surface area contributed by atoms with Crippen LogP contribution in [0.3, 0.4) is 0 Å². The highest BCUT2D eigenvalue weighted by molar-refractivity contribution is 7.82. The van der Waals surface area contributed by atoms with Gasteiger partial charge in [-0.15, -0.1) is 0 Å². The van der Waals surface area contributed by atoms with E-state index in [-0.39, 0.29) is 18.5 Å². The summed E-state index contributed by atoms with van der Waals surface area (Å²) in [4.78, 5) is 12.0. The third kappa shape index (κ3) is 7.53. The average Bonchev–Trinajstić information content (AvgIpc) is 2.46. The second-order valence-electron chi connectivity index (χ2n) is 7.86. The van der Waals surface area contributed by atoms with Gasteiger partial charge in [0.25, 0.3) is 0 Å². The largest absolute Gasteiger partial charge is 0.769 e. The van der Waals surface area contributed by atoms with Gasteiger partial charge in [-0.1, -0.05) is 0 Å². The number of piperidine rings is 1. The molecule has 0 spiro atoms. The molecule has 1 heterocycles. The van der Waals surface area contributed by atoms with E-state index in [1.54, 1.807) is 0 Å². The van der Waals surface area contributed by atoms with Crippen molar-refractivity contribution in [3.8, 4) is 0 Å². The number of rotatable bonds is 8. The minimum atomic E-state index is -2.31. The predicted octanol–water partition coefficient (Wildman–Crippen LogP) is 2.25. The number of carbonyl (C=O) groups excluding carboxylic acids is 1. The first-order valence-corrected chi connectivity index (χ1v) is 9.71. The summed E-state index contributed by atoms with van der Waals surface area (Å²) in [6, 6.07) is 0. The maximum atomic E-state index is 12.0. The summed E-state index contributed by atoms with van der Waals surface area (Å²) >= 11 is -2.31. The molecule has 146 valence electrons. The monoisotopic (exact) mass is 376 g/mol. The summed E-state index contributed by atoms with van der Waals surface area (Å²) in [5.74, 6) is -0.284. The molecular formula is C17H30NO6S-. The molecule has 1 aliphatic heterocycles. The maximum Gasteiger partial charge on any atom is 0.306 e. The first-order valence-electron chi connectivity index (χ1n) is 8.57. The van der Waals surface area contributed by atoms with Crippen LogP contribution in [0.1, 0.15) is 66.2 Å². The van der Waals surface area contributed by atoms with Crippen LogP contribution in [0.25, 0.3) is 0 Å². The summed E-state index contributed by atoms with van der Waals surface area (Å²) in [5, 5.41) is 22.1. The van der Waals surface area contributed by atoms with Crippen molar-refractivity contribution in [3.05, 3.63) is 11.5 Å². The van der Waals surface area contributed by atoms with Crippen molar-refractivity contribution >= 4 is 17.0 Å². The van der Waals surface area contributed by atoms with Crippen LogP contribution in [-0.4, -0.2) is 53.4 Å². The predicted molar refractivity (Wildman–Crippen MR) is 93.4 cm³/mol. The molecule has 0 aromatic rings. The lowest BCUT2D eigenvalue weighted by atomic mass is 9.80. The molecule has 1 fully saturated rings. The van der Waals surface area contributed by atoms with Gasteiger partial charge in [0.15, 0.2) is 0 Å². The normalized spacial score (nSPS) is 23.5. The van der Waals surface area contributed by atoms with Gasteiger partial charge in [0, 0.05) is 30.3 Å². The molecule has 2 N–H and O–H groups in total. The Kier molecular flexibility index (Phi) is 8.21. The van der Waals surface area contributed by atoms with E-state index in [4.69, 9.17) is 4.74 Å². The molecule has 1 rings (SSSR count). The molecular weight excluding hydrogens is 346 g/mol. The first kappa shape index (κ1) is 22.2. The zero-order chi connectivity index (χ0) is 19.3. The van der Waals surface area contributed by atoms with Gasteiger partial charge in [-0.25, -0.2) is 0 Å². The zero-order valence-corrected chi connectivity index (χ0v) is 16.3. The molecule has 0 amide bonds. The molecule has 0 aromatic carbocycles. The van der Waals surface area contributed by atoms with Crippen molar-refractivity contribution in [1.29, 1.82) is 0 Å². The molecule has 8 heteroatoms. The fourth-order valence-electron chi connectivity index (χ4n) is 3.38. The number of hydrogen-bond acceptors (Lipinski definition) is 7. The summed E-state index contributed by atoms with van der Waals surface area (Å²) in [7, 11) is 0. The van der Waals surface area contributed by atoms with Crippen LogP contribution in [0.2, 0.25) is 0 Å². The van der Waals surface area contributed by atoms with Crippen LogP contribution < -0.4 is 0 Å². The summed E-state index contributed by atoms with van der Waals surface area (Å²) in [6.07, 6.45) is 3.09. The van der Waals surface area contributed by atoms with Crippen LogP contribution in [-0.2, 0) is 20.6 Å². The van der Waals surface area contributed by atoms with E-state index >= 15 is 0 Å². The van der Waals surface area contributed by atoms with Gasteiger partial charge in [0.1, 0.15) is 6.10 Å². The summed E-state index contributed by atoms with van der Waals surface area (Å²) in [6.45, 7) is 7.66. The van der Waals surface area contributed by atoms with Crippen LogP contribution in [0.5, 0.6) is 0 Å². The minimum absolute atomic E-state index is 0.235. The van der Waals surface area contributed by atoms with Crippen LogP contribution >= 0.6 is 0 Å². The van der Waals surface area contributed by atoms with E-state index in [0.29, 0.717) is 32.1 Å². The second-order valence-corrected chi connectivity index (χ2v) is 8.65. The van der Waals surface area contributed by atoms with Crippen molar-refractivity contribution < 1.29 is 28.6 Å². The molecule has 0 radical (unpaired) electrons. The van der Waals surface area contributed by atoms with E-state index in [9.17, 15) is 23.9 Å². The van der Waals surface area contributed by atoms with Gasteiger partial charge in [0.2, 0.25) is 0 Å². The topological polar surface area (TPSA) is 110 Å². The van der Waals surface area contributed by atoms with Crippen molar-refractivity contribution in [2.24, 2.45) is 0 Å². The van der Waals surface area contributed by atoms with Crippen molar-refractivity contribution in [2.75, 3.05) is 0 Å². The molecule has 1 saturated heterocycles. The minimum Gasteiger partial charge on any atom is -0.769 e. The highest BCUT2D eigenvalue weighted by atomic mass is 32.2. The standard InChI is InChI=1S/C17H31NO6S/c1-16(2)11-14(12-17(3,4)18(16)21)24-15(20)8-6-5-7-13(19)9-10-25(22)23/h9-10,13-14,19,21H,5-8,11-12H2,1-4H3,(H,22,23)/p-1/b10-9+. The van der Waals surface area contributed by atoms with Crippen LogP contribution in [0.15, 0.2) is 11.5 Å². The third-order valence-electron chi connectivity index (χ3n) is 4.44. The number of ether oxygens (including phenoxy) is 1. The Labute approximate surface area is 152 Å². The Bertz CT molecular complexity index is 487. The number of hydroxylamine groups is 2. The van der Waals surface area contributed by atoms with E-state index in [1.807, 2.05) is 27.7 Å². The van der Waals surface area contributed by atoms with Gasteiger partial charge < -0.3 is 19.6 Å². The highest BCUT2D eigenvalue weighted by Gasteiger charge is 2.46. The average molecular weight is 376 g/mol. The fraction of sp³-hybridized carbons (Fsp3) is 0.824. The molecule has 0 aliphatic carbocycles. The maximum absolute atomic E-state index is 12.0. The number of nitrogens with zero attached hydrogens (tertiary/aromatic N) is 1. The van der Waals surface area contributed by atoms with Gasteiger partial charge >= 0.3 is 5.97 Å². The summed E-state index contributed by atoms with van der Waals surface area (Å²) in [5.41, 5.74) is -0.935. The number of aliphatic hydroxyl groups excluding tert-OH is 1. The van der Waals surface area contributed by atoms with Crippen molar-refractivity contribution in [2.45, 2.75) is 89.5 Å². The third-order valence-corrected chi connectivity index (χ3v) is 4.82. The Morgan fingerprint density at radius 2 is 1.88 bits per heavy atom. The molecule has 1 aliphatic rings. The number of carbonyl (C=O) groups is 1. The Hall–Kier alpha value is -0.800. The molecule has 2 unspecified atom stereocenters. The molecule has 2 atom stereocenters. The highest BCUT2D eigenvalue weighted by Crippen LogP contribution is 2.38. The second kappa shape index (κ2) is 9.23. The SMILES string of the molecule is CC1(C)CC(OC(=O)CCCCC(O)/C=C/S(=O)[O-])CC(C)(C)N1O. The van der Waals surface area contributed by atoms with Crippen molar-refractivity contribution in [3.63, 3.8) is 0 Å². The first-order chi connectivity index (χ1) is 11.4. The van der Waals surface area contributed by atoms with Crippen LogP contribution in [0, 0.1) is 0 Å². The number of esters is 1. The van der Waals surface area contributed by atoms with E-state index < -0.39 is 28.3 Å². The van der Waals surface area contributed by atoms with Gasteiger partial charge in [-0.3, -0.25) is 9.00 Å². The smallest absolute Gasteiger partial charge is 0.306 e. The molecule has 0 bridgehead atoms. The zero-order valence-electron chi connectivity index (χ0n) is 15.4. The van der Waals surface area contributed by atoms with E-state index in [2.05, 4.69) is 0 Å². The lowest BCUT2D eigenvalue weighted by molar-refractivity contribution is -0.259. The number of aliphatic hydroxyl groups is 1. The Balaban J connectivity index is 2.34. The van der Waals surface area contributed by atoms with E-state index in [0.717, 1.165) is 5.41 Å². The van der Waals surface area contributed by atoms with Crippen molar-refractivity contribution in [1.82, 2.24) is 5.06 Å². The molecule has 25 heavy (non-hydrogen) atoms. The summed E-state index contributed by atoms with van der Waals surface area (Å²) < 4.78 is 26.3. The molecule has 0 saturated carbocycles. The van der Waals surface area contributed by atoms with E-state index in [1.165, 1.54) is 11.1 Å². The fourth-order valence-corrected chi connectivity index (χ4v) is 3.69. The number of hydrogen-bond donors (Lipinski definition) is 2. The Morgan fingerprint density at radius 1 is 1.32 bits per heavy atom. The lowest BCUT2D eigenvalue weighted by Crippen LogP contribution is -2.60. The van der Waals surface area contributed by atoms with Gasteiger partial charge in [0.05, 0.1) is 6.10 Å². The molecule has 0 aromatic heterocycles. The number of unbranched alkanes of at least 4 members (excludes halogenated alkanes) is 1.